The molecule has 4 nitrogen and oxygen atoms in total. The molecular formula is C4H7BN2O2. The highest BCUT2D eigenvalue weighted by Crippen LogP contribution is 1.93. The summed E-state index contributed by atoms with van der Waals surface area (Å²) in [5.41, 5.74) is 0.390. The van der Waals surface area contributed by atoms with Gasteiger partial charge in [-0.15, -0.1) is 0 Å². The molecule has 1 aliphatic rings. The van der Waals surface area contributed by atoms with Crippen LogP contribution in [0, 0.1) is 0 Å². The molecule has 0 aliphatic carbocycles. The summed E-state index contributed by atoms with van der Waals surface area (Å²) < 4.78 is 0. The van der Waals surface area contributed by atoms with E-state index in [0.29, 0.717) is 12.1 Å². The Morgan fingerprint density at radius 3 is 2.78 bits per heavy atom. The second-order valence-corrected chi connectivity index (χ2v) is 1.69. The van der Waals surface area contributed by atoms with Crippen LogP contribution in [0.15, 0.2) is 16.7 Å². The van der Waals surface area contributed by atoms with Gasteiger partial charge in [-0.1, -0.05) is 0 Å². The number of nitrogens with zero attached hydrogens (tertiary/aromatic N) is 1. The molecule has 3 N–H and O–H groups in total. The zero-order valence-corrected chi connectivity index (χ0v) is 4.78. The molecule has 0 unspecified atom stereocenters. The lowest BCUT2D eigenvalue weighted by Gasteiger charge is -2.05. The largest absolute Gasteiger partial charge is 0.491 e. The molecule has 0 saturated heterocycles. The average Bonchev–Trinajstić information content (AvgIpc) is 1.90. The maximum absolute atomic E-state index is 8.53. The van der Waals surface area contributed by atoms with Crippen LogP contribution in [0.5, 0.6) is 0 Å². The highest BCUT2D eigenvalue weighted by Gasteiger charge is 2.12. The Labute approximate surface area is 53.1 Å². The molecule has 0 radical (unpaired) electrons. The van der Waals surface area contributed by atoms with Crippen LogP contribution in [0.3, 0.4) is 0 Å². The van der Waals surface area contributed by atoms with E-state index in [-0.39, 0.29) is 0 Å². The predicted molar refractivity (Wildman–Crippen MR) is 34.8 cm³/mol. The topological polar surface area (TPSA) is 64.8 Å². The van der Waals surface area contributed by atoms with Crippen molar-refractivity contribution in [2.45, 2.75) is 0 Å². The molecule has 0 bridgehead atoms. The first-order chi connectivity index (χ1) is 4.30. The molecular weight excluding hydrogens is 119 g/mol. The zero-order valence-electron chi connectivity index (χ0n) is 4.78. The number of hydrogen-bond donors (Lipinski definition) is 3. The molecule has 1 rings (SSSR count). The van der Waals surface area contributed by atoms with E-state index in [1.54, 1.807) is 0 Å². The molecule has 0 atom stereocenters. The number of allylic oxidation sites excluding steroid dienone is 1. The number of aliphatic imine (C=N–C) groups is 1. The van der Waals surface area contributed by atoms with Gasteiger partial charge in [0.1, 0.15) is 6.67 Å². The third-order valence-corrected chi connectivity index (χ3v) is 0.990. The molecule has 9 heavy (non-hydrogen) atoms. The number of nitrogens with one attached hydrogen (secondary N) is 1. The fourth-order valence-electron chi connectivity index (χ4n) is 0.546. The fraction of sp³-hybridized carbons (Fsp3) is 0.250. The minimum Gasteiger partial charge on any atom is -0.423 e. The first-order valence-electron chi connectivity index (χ1n) is 2.60. The molecule has 0 spiro atoms. The van der Waals surface area contributed by atoms with Gasteiger partial charge in [0.25, 0.3) is 0 Å². The van der Waals surface area contributed by atoms with E-state index >= 15 is 0 Å². The second kappa shape index (κ2) is 2.66. The van der Waals surface area contributed by atoms with Gasteiger partial charge in [-0.2, -0.15) is 0 Å². The Morgan fingerprint density at radius 2 is 2.44 bits per heavy atom. The maximum atomic E-state index is 8.53. The normalized spacial score (nSPS) is 16.4. The molecule has 0 aromatic rings. The standard InChI is InChI=1S/C4H7BN2O2/c8-5(9)4-1-6-3-7-2-4/h1-2,6,8-9H,3H2. The van der Waals surface area contributed by atoms with Crippen molar-refractivity contribution >= 4 is 13.3 Å². The van der Waals surface area contributed by atoms with Gasteiger partial charge >= 0.3 is 7.12 Å². The van der Waals surface area contributed by atoms with Crippen molar-refractivity contribution in [3.8, 4) is 0 Å². The van der Waals surface area contributed by atoms with E-state index in [9.17, 15) is 0 Å². The Balaban J connectivity index is 2.58. The van der Waals surface area contributed by atoms with Crippen molar-refractivity contribution in [3.05, 3.63) is 11.7 Å². The molecule has 0 aromatic carbocycles. The lowest BCUT2D eigenvalue weighted by molar-refractivity contribution is 0.421. The smallest absolute Gasteiger partial charge is 0.423 e. The molecule has 1 aliphatic heterocycles. The number of rotatable bonds is 1. The summed E-state index contributed by atoms with van der Waals surface area (Å²) in [7, 11) is -1.42. The Kier molecular flexibility index (Phi) is 1.86. The van der Waals surface area contributed by atoms with Gasteiger partial charge in [-0.3, -0.25) is 4.99 Å². The van der Waals surface area contributed by atoms with Gasteiger partial charge in [-0.05, 0) is 6.20 Å². The first kappa shape index (κ1) is 6.32. The van der Waals surface area contributed by atoms with Crippen LogP contribution >= 0.6 is 0 Å². The van der Waals surface area contributed by atoms with Crippen LogP contribution in [0.25, 0.3) is 0 Å². The summed E-state index contributed by atoms with van der Waals surface area (Å²) in [4.78, 5) is 3.76. The van der Waals surface area contributed by atoms with E-state index in [1.165, 1.54) is 12.4 Å². The third-order valence-electron chi connectivity index (χ3n) is 0.990. The summed E-state index contributed by atoms with van der Waals surface area (Å²) in [5.74, 6) is 0. The van der Waals surface area contributed by atoms with Crippen LogP contribution in [-0.2, 0) is 0 Å². The van der Waals surface area contributed by atoms with E-state index in [0.717, 1.165) is 0 Å². The number of hydrogen-bond acceptors (Lipinski definition) is 4. The van der Waals surface area contributed by atoms with Crippen molar-refractivity contribution in [2.24, 2.45) is 4.99 Å². The summed E-state index contributed by atoms with van der Waals surface area (Å²) in [6, 6.07) is 0. The van der Waals surface area contributed by atoms with Gasteiger partial charge in [0.2, 0.25) is 0 Å². The molecule has 0 amide bonds. The van der Waals surface area contributed by atoms with Crippen LogP contribution in [0.1, 0.15) is 0 Å². The lowest BCUT2D eigenvalue weighted by Crippen LogP contribution is -2.23. The molecule has 48 valence electrons. The maximum Gasteiger partial charge on any atom is 0.491 e. The quantitative estimate of drug-likeness (QED) is 0.375. The second-order valence-electron chi connectivity index (χ2n) is 1.69. The first-order valence-corrected chi connectivity index (χ1v) is 2.60. The molecule has 1 heterocycles. The van der Waals surface area contributed by atoms with Crippen LogP contribution in [0.2, 0.25) is 0 Å². The summed E-state index contributed by atoms with van der Waals surface area (Å²) in [6.45, 7) is 0.510. The van der Waals surface area contributed by atoms with Crippen LogP contribution in [0.4, 0.5) is 0 Å². The van der Waals surface area contributed by atoms with Gasteiger partial charge < -0.3 is 15.4 Å². The van der Waals surface area contributed by atoms with E-state index < -0.39 is 7.12 Å². The van der Waals surface area contributed by atoms with Gasteiger partial charge in [0.15, 0.2) is 0 Å². The average molecular weight is 126 g/mol. The fourth-order valence-corrected chi connectivity index (χ4v) is 0.546. The van der Waals surface area contributed by atoms with Crippen LogP contribution in [-0.4, -0.2) is 30.0 Å². The molecule has 0 saturated carbocycles. The van der Waals surface area contributed by atoms with Crippen molar-refractivity contribution in [3.63, 3.8) is 0 Å². The monoisotopic (exact) mass is 126 g/mol. The summed E-state index contributed by atoms with van der Waals surface area (Å²) in [6.07, 6.45) is 2.96. The van der Waals surface area contributed by atoms with Crippen LogP contribution < -0.4 is 5.32 Å². The van der Waals surface area contributed by atoms with E-state index in [2.05, 4.69) is 10.3 Å². The zero-order chi connectivity index (χ0) is 6.69. The highest BCUT2D eigenvalue weighted by molar-refractivity contribution is 6.57. The Hall–Kier alpha value is -0.805. The Morgan fingerprint density at radius 1 is 1.67 bits per heavy atom. The van der Waals surface area contributed by atoms with Gasteiger partial charge in [-0.25, -0.2) is 0 Å². The predicted octanol–water partition coefficient (Wildman–Crippen LogP) is -1.49. The minimum absolute atomic E-state index is 0.390. The SMILES string of the molecule is OB(O)C1=CNCN=C1. The highest BCUT2D eigenvalue weighted by atomic mass is 16.4. The van der Waals surface area contributed by atoms with Gasteiger partial charge in [0, 0.05) is 11.7 Å². The lowest BCUT2D eigenvalue weighted by atomic mass is 9.80. The van der Waals surface area contributed by atoms with E-state index in [1.807, 2.05) is 0 Å². The van der Waals surface area contributed by atoms with Crippen molar-refractivity contribution in [2.75, 3.05) is 6.67 Å². The van der Waals surface area contributed by atoms with Crippen molar-refractivity contribution in [1.82, 2.24) is 5.32 Å². The van der Waals surface area contributed by atoms with Crippen molar-refractivity contribution in [1.29, 1.82) is 0 Å². The molecule has 5 heteroatoms. The van der Waals surface area contributed by atoms with Crippen molar-refractivity contribution < 1.29 is 10.0 Å². The Bertz CT molecular complexity index is 155. The molecule has 0 aromatic heterocycles. The summed E-state index contributed by atoms with van der Waals surface area (Å²) >= 11 is 0. The van der Waals surface area contributed by atoms with Gasteiger partial charge in [0.05, 0.1) is 0 Å². The molecule has 0 fully saturated rings. The minimum atomic E-state index is -1.42. The third kappa shape index (κ3) is 1.55. The van der Waals surface area contributed by atoms with E-state index in [4.69, 9.17) is 10.0 Å². The summed E-state index contributed by atoms with van der Waals surface area (Å²) in [5, 5.41) is 19.8.